The van der Waals surface area contributed by atoms with E-state index in [4.69, 9.17) is 14.9 Å². The Balaban J connectivity index is 3.10. The first kappa shape index (κ1) is 20.4. The summed E-state index contributed by atoms with van der Waals surface area (Å²) in [5, 5.41) is 17.1. The molecule has 0 aromatic heterocycles. The minimum atomic E-state index is -0.675. The fraction of sp³-hybridized carbons (Fsp3) is 0.941. The molecule has 0 aromatic rings. The maximum absolute atomic E-state index is 10.3. The molecule has 4 heteroatoms. The second-order valence-corrected chi connectivity index (χ2v) is 6.02. The van der Waals surface area contributed by atoms with Crippen LogP contribution in [0.25, 0.3) is 0 Å². The van der Waals surface area contributed by atoms with Crippen LogP contribution in [-0.2, 0) is 9.53 Å². The number of aliphatic carboxylic acids is 1. The summed E-state index contributed by atoms with van der Waals surface area (Å²) < 4.78 is 5.31. The number of hydrogen-bond donors (Lipinski definition) is 2. The van der Waals surface area contributed by atoms with Gasteiger partial charge in [0, 0.05) is 13.0 Å². The average molecular weight is 302 g/mol. The topological polar surface area (TPSA) is 66.8 Å². The van der Waals surface area contributed by atoms with Gasteiger partial charge in [-0.05, 0) is 18.8 Å². The lowest BCUT2D eigenvalue weighted by Crippen LogP contribution is -2.08. The molecule has 0 amide bonds. The van der Waals surface area contributed by atoms with E-state index in [0.717, 1.165) is 19.4 Å². The zero-order valence-corrected chi connectivity index (χ0v) is 13.7. The first-order chi connectivity index (χ1) is 10.2. The summed E-state index contributed by atoms with van der Waals surface area (Å²) in [7, 11) is 0. The Morgan fingerprint density at radius 1 is 0.952 bits per heavy atom. The minimum absolute atomic E-state index is 0.114. The summed E-state index contributed by atoms with van der Waals surface area (Å²) in [5.74, 6) is -0.0863. The highest BCUT2D eigenvalue weighted by molar-refractivity contribution is 5.66. The molecule has 0 radical (unpaired) electrons. The molecular formula is C17H34O4. The van der Waals surface area contributed by atoms with Crippen LogP contribution < -0.4 is 0 Å². The van der Waals surface area contributed by atoms with E-state index in [1.807, 2.05) is 0 Å². The third-order valence-electron chi connectivity index (χ3n) is 3.73. The molecule has 2 N–H and O–H groups in total. The van der Waals surface area contributed by atoms with Crippen LogP contribution in [0.1, 0.15) is 77.6 Å². The molecule has 0 spiro atoms. The van der Waals surface area contributed by atoms with Crippen LogP contribution in [0, 0.1) is 5.92 Å². The molecule has 0 aliphatic rings. The Hall–Kier alpha value is -0.610. The van der Waals surface area contributed by atoms with Crippen LogP contribution in [0.15, 0.2) is 0 Å². The van der Waals surface area contributed by atoms with Gasteiger partial charge in [-0.1, -0.05) is 58.3 Å². The molecule has 0 fully saturated rings. The van der Waals surface area contributed by atoms with Gasteiger partial charge < -0.3 is 14.9 Å². The van der Waals surface area contributed by atoms with Crippen LogP contribution in [0.5, 0.6) is 0 Å². The quantitative estimate of drug-likeness (QED) is 0.423. The lowest BCUT2D eigenvalue weighted by molar-refractivity contribution is -0.137. The van der Waals surface area contributed by atoms with E-state index in [2.05, 4.69) is 6.92 Å². The zero-order chi connectivity index (χ0) is 15.8. The molecule has 0 aliphatic carbocycles. The number of aliphatic hydroxyl groups excluding tert-OH is 1. The number of unbranched alkanes of at least 4 members (excludes halogenated alkanes) is 8. The number of carbonyl (C=O) groups is 1. The fourth-order valence-corrected chi connectivity index (χ4v) is 2.44. The molecule has 126 valence electrons. The molecule has 0 saturated heterocycles. The lowest BCUT2D eigenvalue weighted by atomic mass is 10.0. The second kappa shape index (κ2) is 15.8. The molecule has 0 heterocycles. The minimum Gasteiger partial charge on any atom is -0.481 e. The maximum atomic E-state index is 10.3. The lowest BCUT2D eigenvalue weighted by Gasteiger charge is -2.11. The zero-order valence-electron chi connectivity index (χ0n) is 13.7. The van der Waals surface area contributed by atoms with Crippen molar-refractivity contribution >= 4 is 5.97 Å². The summed E-state index contributed by atoms with van der Waals surface area (Å²) in [6, 6.07) is 0. The highest BCUT2D eigenvalue weighted by Gasteiger charge is 2.02. The van der Waals surface area contributed by atoms with Crippen molar-refractivity contribution in [1.82, 2.24) is 0 Å². The van der Waals surface area contributed by atoms with Gasteiger partial charge in [-0.25, -0.2) is 0 Å². The third-order valence-corrected chi connectivity index (χ3v) is 3.73. The van der Waals surface area contributed by atoms with E-state index < -0.39 is 5.97 Å². The highest BCUT2D eigenvalue weighted by atomic mass is 16.5. The Labute approximate surface area is 129 Å². The van der Waals surface area contributed by atoms with E-state index in [-0.39, 0.29) is 6.61 Å². The van der Waals surface area contributed by atoms with Gasteiger partial charge in [0.25, 0.3) is 0 Å². The predicted molar refractivity (Wildman–Crippen MR) is 85.5 cm³/mol. The van der Waals surface area contributed by atoms with Gasteiger partial charge in [0.2, 0.25) is 0 Å². The van der Waals surface area contributed by atoms with E-state index in [1.165, 1.54) is 51.4 Å². The molecule has 21 heavy (non-hydrogen) atoms. The molecule has 1 unspecified atom stereocenters. The monoisotopic (exact) mass is 302 g/mol. The number of carboxylic acid groups (broad SMARTS) is 1. The van der Waals surface area contributed by atoms with Crippen molar-refractivity contribution in [1.29, 1.82) is 0 Å². The van der Waals surface area contributed by atoms with Crippen LogP contribution >= 0.6 is 0 Å². The van der Waals surface area contributed by atoms with Crippen molar-refractivity contribution in [3.8, 4) is 0 Å². The highest BCUT2D eigenvalue weighted by Crippen LogP contribution is 2.14. The smallest absolute Gasteiger partial charge is 0.303 e. The van der Waals surface area contributed by atoms with Gasteiger partial charge in [0.05, 0.1) is 13.2 Å². The number of aliphatic hydroxyl groups is 1. The van der Waals surface area contributed by atoms with E-state index in [9.17, 15) is 4.79 Å². The third kappa shape index (κ3) is 17.3. The normalized spacial score (nSPS) is 12.5. The molecule has 0 aromatic carbocycles. The Morgan fingerprint density at radius 2 is 1.48 bits per heavy atom. The van der Waals surface area contributed by atoms with E-state index in [1.54, 1.807) is 0 Å². The number of rotatable bonds is 16. The molecule has 0 aliphatic heterocycles. The van der Waals surface area contributed by atoms with Gasteiger partial charge in [-0.2, -0.15) is 0 Å². The SMILES string of the molecule is CC(CCCCCCCCCCCC(=O)O)COCCO. The molecule has 0 rings (SSSR count). The molecule has 1 atom stereocenters. The van der Waals surface area contributed by atoms with Gasteiger partial charge in [0.1, 0.15) is 0 Å². The van der Waals surface area contributed by atoms with E-state index >= 15 is 0 Å². The molecule has 0 bridgehead atoms. The van der Waals surface area contributed by atoms with Gasteiger partial charge in [0.15, 0.2) is 0 Å². The molecule has 4 nitrogen and oxygen atoms in total. The second-order valence-electron chi connectivity index (χ2n) is 6.02. The predicted octanol–water partition coefficient (Wildman–Crippen LogP) is 4.01. The Morgan fingerprint density at radius 3 is 2.00 bits per heavy atom. The van der Waals surface area contributed by atoms with Crippen LogP contribution in [0.2, 0.25) is 0 Å². The summed E-state index contributed by atoms with van der Waals surface area (Å²) in [6.07, 6.45) is 12.3. The first-order valence-corrected chi connectivity index (χ1v) is 8.57. The van der Waals surface area contributed by atoms with Crippen molar-refractivity contribution in [2.24, 2.45) is 5.92 Å². The molecule has 0 saturated carbocycles. The first-order valence-electron chi connectivity index (χ1n) is 8.57. The Bertz CT molecular complexity index is 231. The van der Waals surface area contributed by atoms with E-state index in [0.29, 0.717) is 18.9 Å². The molecular weight excluding hydrogens is 268 g/mol. The standard InChI is InChI=1S/C17H34O4/c1-16(15-21-14-13-18)11-9-7-5-3-2-4-6-8-10-12-17(19)20/h16,18H,2-15H2,1H3,(H,19,20). The van der Waals surface area contributed by atoms with Gasteiger partial charge in [-0.3, -0.25) is 4.79 Å². The van der Waals surface area contributed by atoms with Crippen LogP contribution in [-0.4, -0.2) is 36.0 Å². The fourth-order valence-electron chi connectivity index (χ4n) is 2.44. The Kier molecular flexibility index (Phi) is 15.3. The summed E-state index contributed by atoms with van der Waals surface area (Å²) in [4.78, 5) is 10.3. The summed E-state index contributed by atoms with van der Waals surface area (Å²) in [5.41, 5.74) is 0. The number of carboxylic acids is 1. The largest absolute Gasteiger partial charge is 0.481 e. The van der Waals surface area contributed by atoms with Gasteiger partial charge >= 0.3 is 5.97 Å². The van der Waals surface area contributed by atoms with Crippen molar-refractivity contribution in [2.75, 3.05) is 19.8 Å². The van der Waals surface area contributed by atoms with Crippen molar-refractivity contribution in [3.05, 3.63) is 0 Å². The van der Waals surface area contributed by atoms with Crippen molar-refractivity contribution < 1.29 is 19.7 Å². The van der Waals surface area contributed by atoms with Gasteiger partial charge in [-0.15, -0.1) is 0 Å². The van der Waals surface area contributed by atoms with Crippen molar-refractivity contribution in [2.45, 2.75) is 77.6 Å². The summed E-state index contributed by atoms with van der Waals surface area (Å²) >= 11 is 0. The average Bonchev–Trinajstić information content (AvgIpc) is 2.44. The maximum Gasteiger partial charge on any atom is 0.303 e. The summed E-state index contributed by atoms with van der Waals surface area (Å²) in [6.45, 7) is 3.53. The van der Waals surface area contributed by atoms with Crippen LogP contribution in [0.3, 0.4) is 0 Å². The number of hydrogen-bond acceptors (Lipinski definition) is 3. The number of ether oxygens (including phenoxy) is 1. The van der Waals surface area contributed by atoms with Crippen LogP contribution in [0.4, 0.5) is 0 Å². The van der Waals surface area contributed by atoms with Crippen molar-refractivity contribution in [3.63, 3.8) is 0 Å².